The Morgan fingerprint density at radius 3 is 1.92 bits per heavy atom. The average molecular weight is 521 g/mol. The highest BCUT2D eigenvalue weighted by Gasteiger charge is 2.36. The molecule has 0 radical (unpaired) electrons. The molecule has 0 saturated carbocycles. The van der Waals surface area contributed by atoms with Crippen LogP contribution in [0.1, 0.15) is 5.56 Å². The van der Waals surface area contributed by atoms with Crippen LogP contribution in [0, 0.1) is 6.92 Å². The van der Waals surface area contributed by atoms with E-state index in [1.165, 1.54) is 55.2 Å². The molecule has 0 aliphatic rings. The predicted octanol–water partition coefficient (Wildman–Crippen LogP) is 6.58. The number of aryl methyl sites for hydroxylation is 2. The predicted molar refractivity (Wildman–Crippen MR) is 164 cm³/mol. The van der Waals surface area contributed by atoms with E-state index >= 15 is 0 Å². The van der Waals surface area contributed by atoms with Crippen LogP contribution in [-0.2, 0) is 7.05 Å². The highest BCUT2D eigenvalue weighted by Crippen LogP contribution is 2.31. The zero-order valence-electron chi connectivity index (χ0n) is 23.4. The summed E-state index contributed by atoms with van der Waals surface area (Å²) in [6, 6.07) is 26.8. The van der Waals surface area contributed by atoms with Crippen molar-refractivity contribution in [3.8, 4) is 28.2 Å². The summed E-state index contributed by atoms with van der Waals surface area (Å²) in [6.45, 7) is 17.1. The first-order valence-corrected chi connectivity index (χ1v) is 20.1. The van der Waals surface area contributed by atoms with Crippen LogP contribution in [-0.4, -0.2) is 25.7 Å². The molecule has 5 aromatic rings. The molecule has 0 saturated heterocycles. The summed E-state index contributed by atoms with van der Waals surface area (Å²) in [5, 5.41) is 3.02. The molecular weight excluding hydrogens is 483 g/mol. The lowest BCUT2D eigenvalue weighted by atomic mass is 10.0. The summed E-state index contributed by atoms with van der Waals surface area (Å²) >= 11 is 0. The van der Waals surface area contributed by atoms with Gasteiger partial charge in [-0.05, 0) is 52.2 Å². The molecule has 0 unspecified atom stereocenters. The zero-order valence-corrected chi connectivity index (χ0v) is 25.4. The molecular formula is C32H38N3Si2+. The van der Waals surface area contributed by atoms with Crippen molar-refractivity contribution in [2.75, 3.05) is 0 Å². The number of rotatable bonds is 5. The first-order chi connectivity index (χ1) is 17.5. The maximum atomic E-state index is 4.55. The van der Waals surface area contributed by atoms with Gasteiger partial charge in [-0.1, -0.05) is 93.9 Å². The summed E-state index contributed by atoms with van der Waals surface area (Å²) in [7, 11) is -1.35. The van der Waals surface area contributed by atoms with Gasteiger partial charge >= 0.3 is 0 Å². The van der Waals surface area contributed by atoms with Gasteiger partial charge in [0.15, 0.2) is 11.0 Å². The number of aromatic nitrogens is 3. The van der Waals surface area contributed by atoms with Crippen LogP contribution in [0.25, 0.3) is 39.2 Å². The lowest BCUT2D eigenvalue weighted by Crippen LogP contribution is -2.49. The van der Waals surface area contributed by atoms with Crippen molar-refractivity contribution in [2.45, 2.75) is 46.2 Å². The Morgan fingerprint density at radius 2 is 1.32 bits per heavy atom. The Hall–Kier alpha value is -3.29. The molecule has 3 aromatic carbocycles. The standard InChI is InChI=1S/C32H38N3Si2/c1-23-18-19-33-22-26(23)32-34(2)27-16-12-13-17-28(27)35(32)31-29(36(3,4)5)20-25(21-30(31)37(6,7)8)24-14-10-9-11-15-24/h9-22H,1-8H3/q+1. The molecule has 0 spiro atoms. The smallest absolute Gasteiger partial charge is 0.264 e. The molecule has 2 heterocycles. The fourth-order valence-electron chi connectivity index (χ4n) is 5.36. The molecule has 0 fully saturated rings. The van der Waals surface area contributed by atoms with Crippen LogP contribution in [0.3, 0.4) is 0 Å². The second kappa shape index (κ2) is 9.23. The second-order valence-corrected chi connectivity index (χ2v) is 22.3. The normalized spacial score (nSPS) is 12.3. The SMILES string of the molecule is Cc1ccncc1-c1n(-c2c([Si](C)(C)C)cc(-c3ccccc3)cc2[Si](C)(C)C)c2ccccc2[n+]1C. The van der Waals surface area contributed by atoms with Crippen molar-refractivity contribution in [2.24, 2.45) is 7.05 Å². The molecule has 5 heteroatoms. The minimum Gasteiger partial charge on any atom is -0.264 e. The summed E-state index contributed by atoms with van der Waals surface area (Å²) in [5.74, 6) is 1.19. The number of nitrogens with zero attached hydrogens (tertiary/aromatic N) is 3. The lowest BCUT2D eigenvalue weighted by Gasteiger charge is -2.28. The Labute approximate surface area is 223 Å². The molecule has 0 aliphatic heterocycles. The minimum atomic E-state index is -1.77. The Balaban J connectivity index is 2.00. The first kappa shape index (κ1) is 25.4. The van der Waals surface area contributed by atoms with Crippen LogP contribution in [0.4, 0.5) is 0 Å². The van der Waals surface area contributed by atoms with Gasteiger partial charge in [-0.25, -0.2) is 4.57 Å². The second-order valence-electron chi connectivity index (χ2n) is 12.2. The van der Waals surface area contributed by atoms with Crippen molar-refractivity contribution < 1.29 is 4.57 Å². The van der Waals surface area contributed by atoms with Gasteiger partial charge in [-0.3, -0.25) is 4.98 Å². The van der Waals surface area contributed by atoms with Crippen LogP contribution < -0.4 is 14.9 Å². The van der Waals surface area contributed by atoms with E-state index in [1.807, 2.05) is 12.4 Å². The van der Waals surface area contributed by atoms with Crippen molar-refractivity contribution in [1.29, 1.82) is 0 Å². The maximum Gasteiger partial charge on any atom is 0.296 e. The van der Waals surface area contributed by atoms with Crippen molar-refractivity contribution in [3.05, 3.63) is 90.8 Å². The largest absolute Gasteiger partial charge is 0.296 e. The van der Waals surface area contributed by atoms with E-state index in [0.29, 0.717) is 0 Å². The van der Waals surface area contributed by atoms with E-state index in [-0.39, 0.29) is 0 Å². The third kappa shape index (κ3) is 4.51. The number of para-hydroxylation sites is 2. The molecule has 0 aliphatic carbocycles. The molecule has 0 bridgehead atoms. The van der Waals surface area contributed by atoms with Crippen LogP contribution in [0.2, 0.25) is 39.3 Å². The Morgan fingerprint density at radius 1 is 0.730 bits per heavy atom. The van der Waals surface area contributed by atoms with Gasteiger partial charge in [-0.2, -0.15) is 4.57 Å². The number of imidazole rings is 1. The monoisotopic (exact) mass is 520 g/mol. The average Bonchev–Trinajstić information content (AvgIpc) is 3.15. The molecule has 0 atom stereocenters. The molecule has 5 rings (SSSR count). The van der Waals surface area contributed by atoms with E-state index in [2.05, 4.69) is 140 Å². The Kier molecular flexibility index (Phi) is 6.33. The van der Waals surface area contributed by atoms with Crippen molar-refractivity contribution in [3.63, 3.8) is 0 Å². The van der Waals surface area contributed by atoms with Crippen LogP contribution in [0.5, 0.6) is 0 Å². The van der Waals surface area contributed by atoms with Crippen LogP contribution >= 0.6 is 0 Å². The van der Waals surface area contributed by atoms with Crippen LogP contribution in [0.15, 0.2) is 85.2 Å². The Bertz CT molecular complexity index is 1570. The number of fused-ring (bicyclic) bond motifs is 1. The number of hydrogen-bond acceptors (Lipinski definition) is 1. The van der Waals surface area contributed by atoms with E-state index < -0.39 is 16.1 Å². The van der Waals surface area contributed by atoms with Crippen molar-refractivity contribution >= 4 is 37.6 Å². The number of pyridine rings is 1. The fourth-order valence-corrected chi connectivity index (χ4v) is 8.57. The summed E-state index contributed by atoms with van der Waals surface area (Å²) in [6.07, 6.45) is 3.92. The van der Waals surface area contributed by atoms with Gasteiger partial charge in [0.1, 0.15) is 5.69 Å². The first-order valence-electron chi connectivity index (χ1n) is 13.1. The van der Waals surface area contributed by atoms with Crippen molar-refractivity contribution in [1.82, 2.24) is 9.55 Å². The molecule has 188 valence electrons. The highest BCUT2D eigenvalue weighted by atomic mass is 28.3. The summed E-state index contributed by atoms with van der Waals surface area (Å²) < 4.78 is 4.92. The molecule has 3 nitrogen and oxygen atoms in total. The number of hydrogen-bond donors (Lipinski definition) is 0. The van der Waals surface area contributed by atoms with Gasteiger partial charge < -0.3 is 0 Å². The van der Waals surface area contributed by atoms with Gasteiger partial charge in [0, 0.05) is 12.4 Å². The van der Waals surface area contributed by atoms with Gasteiger partial charge in [0.25, 0.3) is 5.82 Å². The van der Waals surface area contributed by atoms with Gasteiger partial charge in [-0.15, -0.1) is 0 Å². The fraction of sp³-hybridized carbons (Fsp3) is 0.250. The zero-order chi connectivity index (χ0) is 26.5. The number of benzene rings is 3. The van der Waals surface area contributed by atoms with E-state index in [9.17, 15) is 0 Å². The van der Waals surface area contributed by atoms with E-state index in [4.69, 9.17) is 0 Å². The summed E-state index contributed by atoms with van der Waals surface area (Å²) in [5.41, 5.74) is 8.91. The quantitative estimate of drug-likeness (QED) is 0.189. The van der Waals surface area contributed by atoms with E-state index in [1.54, 1.807) is 0 Å². The highest BCUT2D eigenvalue weighted by molar-refractivity contribution is 6.93. The van der Waals surface area contributed by atoms with Gasteiger partial charge in [0.05, 0.1) is 28.8 Å². The van der Waals surface area contributed by atoms with Gasteiger partial charge in [0.2, 0.25) is 0 Å². The molecule has 2 aromatic heterocycles. The lowest BCUT2D eigenvalue weighted by molar-refractivity contribution is -0.633. The summed E-state index contributed by atoms with van der Waals surface area (Å²) in [4.78, 5) is 4.55. The molecule has 37 heavy (non-hydrogen) atoms. The topological polar surface area (TPSA) is 21.7 Å². The van der Waals surface area contributed by atoms with E-state index in [0.717, 1.165) is 0 Å². The molecule has 0 amide bonds. The minimum absolute atomic E-state index is 1.18. The third-order valence-electron chi connectivity index (χ3n) is 7.35. The third-order valence-corrected chi connectivity index (χ3v) is 11.3. The molecule has 0 N–H and O–H groups in total. The maximum absolute atomic E-state index is 4.55.